The molecule has 2 aromatic carbocycles. The van der Waals surface area contributed by atoms with Crippen LogP contribution in [0.2, 0.25) is 0 Å². The normalized spacial score (nSPS) is 11.3. The van der Waals surface area contributed by atoms with Gasteiger partial charge in [-0.05, 0) is 43.3 Å². The standard InChI is InChI=1S/C19H15N7O/c1-11-20-10-18(23-14-2-4-16-12(6-14)8-21-24-16)19(27)26(11)15-3-5-17-13(7-15)9-22-25-17/h2-10,23H,1H3,(H,21,24)(H,22,25). The second-order valence-electron chi connectivity index (χ2n) is 6.30. The molecule has 0 spiro atoms. The second kappa shape index (κ2) is 5.80. The van der Waals surface area contributed by atoms with Gasteiger partial charge in [0, 0.05) is 16.5 Å². The van der Waals surface area contributed by atoms with Gasteiger partial charge in [0.2, 0.25) is 0 Å². The summed E-state index contributed by atoms with van der Waals surface area (Å²) in [5.74, 6) is 0.610. The molecule has 0 saturated carbocycles. The highest BCUT2D eigenvalue weighted by atomic mass is 16.1. The molecular weight excluding hydrogens is 342 g/mol. The van der Waals surface area contributed by atoms with Gasteiger partial charge in [-0.1, -0.05) is 0 Å². The lowest BCUT2D eigenvalue weighted by molar-refractivity contribution is 0.875. The summed E-state index contributed by atoms with van der Waals surface area (Å²) in [6.45, 7) is 1.81. The number of anilines is 2. The molecule has 3 N–H and O–H groups in total. The van der Waals surface area contributed by atoms with Crippen molar-refractivity contribution in [3.63, 3.8) is 0 Å². The van der Waals surface area contributed by atoms with Crippen LogP contribution in [0.1, 0.15) is 5.82 Å². The van der Waals surface area contributed by atoms with Crippen LogP contribution in [0.15, 0.2) is 59.8 Å². The van der Waals surface area contributed by atoms with Gasteiger partial charge in [0.15, 0.2) is 0 Å². The summed E-state index contributed by atoms with van der Waals surface area (Å²) in [4.78, 5) is 17.5. The molecule has 0 aliphatic rings. The summed E-state index contributed by atoms with van der Waals surface area (Å²) >= 11 is 0. The number of hydrogen-bond acceptors (Lipinski definition) is 5. The van der Waals surface area contributed by atoms with Crippen molar-refractivity contribution < 1.29 is 0 Å². The third-order valence-corrected chi connectivity index (χ3v) is 4.54. The van der Waals surface area contributed by atoms with Crippen molar-refractivity contribution >= 4 is 33.2 Å². The zero-order valence-corrected chi connectivity index (χ0v) is 14.4. The van der Waals surface area contributed by atoms with E-state index in [0.717, 1.165) is 33.2 Å². The molecule has 0 aliphatic carbocycles. The number of aryl methyl sites for hydroxylation is 1. The highest BCUT2D eigenvalue weighted by Gasteiger charge is 2.11. The summed E-state index contributed by atoms with van der Waals surface area (Å²) < 4.78 is 1.59. The number of hydrogen-bond donors (Lipinski definition) is 3. The summed E-state index contributed by atoms with van der Waals surface area (Å²) in [7, 11) is 0. The third-order valence-electron chi connectivity index (χ3n) is 4.54. The summed E-state index contributed by atoms with van der Waals surface area (Å²) in [6, 6.07) is 11.4. The van der Waals surface area contributed by atoms with E-state index < -0.39 is 0 Å². The SMILES string of the molecule is Cc1ncc(Nc2ccc3[nH]ncc3c2)c(=O)n1-c1ccc2[nH]ncc2c1. The Morgan fingerprint density at radius 2 is 1.63 bits per heavy atom. The molecule has 0 radical (unpaired) electrons. The number of aromatic amines is 2. The van der Waals surface area contributed by atoms with E-state index in [2.05, 4.69) is 30.7 Å². The van der Waals surface area contributed by atoms with Gasteiger partial charge in [0.1, 0.15) is 11.5 Å². The first-order valence-electron chi connectivity index (χ1n) is 8.41. The molecular formula is C19H15N7O. The largest absolute Gasteiger partial charge is 0.350 e. The van der Waals surface area contributed by atoms with Gasteiger partial charge in [0.05, 0.1) is 35.3 Å². The Labute approximate surface area is 152 Å². The fraction of sp³-hybridized carbons (Fsp3) is 0.0526. The van der Waals surface area contributed by atoms with Crippen molar-refractivity contribution in [1.82, 2.24) is 29.9 Å². The van der Waals surface area contributed by atoms with E-state index >= 15 is 0 Å². The third kappa shape index (κ3) is 2.54. The summed E-state index contributed by atoms with van der Waals surface area (Å²) in [5, 5.41) is 18.9. The number of H-pyrrole nitrogens is 2. The molecule has 132 valence electrons. The van der Waals surface area contributed by atoms with Gasteiger partial charge in [-0.25, -0.2) is 4.98 Å². The van der Waals surface area contributed by atoms with Gasteiger partial charge in [-0.15, -0.1) is 0 Å². The minimum atomic E-state index is -0.169. The Morgan fingerprint density at radius 1 is 0.926 bits per heavy atom. The van der Waals surface area contributed by atoms with Crippen LogP contribution in [-0.2, 0) is 0 Å². The zero-order valence-electron chi connectivity index (χ0n) is 14.4. The Balaban J connectivity index is 1.59. The Bertz CT molecular complexity index is 1350. The molecule has 0 fully saturated rings. The number of rotatable bonds is 3. The molecule has 3 aromatic heterocycles. The molecule has 0 aliphatic heterocycles. The highest BCUT2D eigenvalue weighted by Crippen LogP contribution is 2.20. The Morgan fingerprint density at radius 3 is 2.41 bits per heavy atom. The predicted molar refractivity (Wildman–Crippen MR) is 104 cm³/mol. The monoisotopic (exact) mass is 357 g/mol. The molecule has 3 heterocycles. The van der Waals surface area contributed by atoms with E-state index in [1.165, 1.54) is 0 Å². The van der Waals surface area contributed by atoms with E-state index in [-0.39, 0.29) is 5.56 Å². The smallest absolute Gasteiger partial charge is 0.281 e. The first-order valence-corrected chi connectivity index (χ1v) is 8.41. The maximum atomic E-state index is 13.1. The lowest BCUT2D eigenvalue weighted by atomic mass is 10.2. The average molecular weight is 357 g/mol. The number of fused-ring (bicyclic) bond motifs is 2. The van der Waals surface area contributed by atoms with Gasteiger partial charge < -0.3 is 5.32 Å². The van der Waals surface area contributed by atoms with E-state index in [4.69, 9.17) is 0 Å². The highest BCUT2D eigenvalue weighted by molar-refractivity contribution is 5.83. The van der Waals surface area contributed by atoms with Crippen LogP contribution in [0.4, 0.5) is 11.4 Å². The number of nitrogens with zero attached hydrogens (tertiary/aromatic N) is 4. The van der Waals surface area contributed by atoms with E-state index in [1.807, 2.05) is 43.3 Å². The summed E-state index contributed by atoms with van der Waals surface area (Å²) in [5.41, 5.74) is 3.62. The van der Waals surface area contributed by atoms with Gasteiger partial charge in [-0.3, -0.25) is 19.6 Å². The molecule has 0 saturated heterocycles. The lowest BCUT2D eigenvalue weighted by Gasteiger charge is -2.12. The van der Waals surface area contributed by atoms with E-state index in [9.17, 15) is 4.79 Å². The fourth-order valence-corrected chi connectivity index (χ4v) is 3.17. The molecule has 0 unspecified atom stereocenters. The van der Waals surface area contributed by atoms with Crippen molar-refractivity contribution in [1.29, 1.82) is 0 Å². The Kier molecular flexibility index (Phi) is 3.29. The van der Waals surface area contributed by atoms with Crippen LogP contribution in [-0.4, -0.2) is 29.9 Å². The van der Waals surface area contributed by atoms with Crippen molar-refractivity contribution in [3.05, 3.63) is 71.2 Å². The fourth-order valence-electron chi connectivity index (χ4n) is 3.17. The van der Waals surface area contributed by atoms with Crippen LogP contribution in [0.5, 0.6) is 0 Å². The molecule has 0 bridgehead atoms. The van der Waals surface area contributed by atoms with Gasteiger partial charge in [0.25, 0.3) is 5.56 Å². The number of benzene rings is 2. The van der Waals surface area contributed by atoms with Crippen molar-refractivity contribution in [2.24, 2.45) is 0 Å². The maximum absolute atomic E-state index is 13.1. The molecule has 8 heteroatoms. The van der Waals surface area contributed by atoms with Crippen LogP contribution < -0.4 is 10.9 Å². The molecule has 8 nitrogen and oxygen atoms in total. The van der Waals surface area contributed by atoms with Crippen LogP contribution in [0.25, 0.3) is 27.5 Å². The zero-order chi connectivity index (χ0) is 18.4. The lowest BCUT2D eigenvalue weighted by Crippen LogP contribution is -2.24. The first-order chi connectivity index (χ1) is 13.2. The number of nitrogens with one attached hydrogen (secondary N) is 3. The molecule has 0 amide bonds. The Hall–Kier alpha value is -3.94. The van der Waals surface area contributed by atoms with Gasteiger partial charge in [-0.2, -0.15) is 10.2 Å². The first kappa shape index (κ1) is 15.3. The number of aromatic nitrogens is 6. The van der Waals surface area contributed by atoms with Crippen molar-refractivity contribution in [3.8, 4) is 5.69 Å². The molecule has 27 heavy (non-hydrogen) atoms. The van der Waals surface area contributed by atoms with Crippen molar-refractivity contribution in [2.45, 2.75) is 6.92 Å². The van der Waals surface area contributed by atoms with Gasteiger partial charge >= 0.3 is 0 Å². The average Bonchev–Trinajstić information content (AvgIpc) is 3.32. The minimum absolute atomic E-state index is 0.169. The summed E-state index contributed by atoms with van der Waals surface area (Å²) in [6.07, 6.45) is 5.03. The minimum Gasteiger partial charge on any atom is -0.350 e. The molecule has 5 aromatic rings. The maximum Gasteiger partial charge on any atom is 0.281 e. The molecule has 0 atom stereocenters. The van der Waals surface area contributed by atoms with Crippen LogP contribution >= 0.6 is 0 Å². The van der Waals surface area contributed by atoms with Crippen LogP contribution in [0, 0.1) is 6.92 Å². The topological polar surface area (TPSA) is 104 Å². The van der Waals surface area contributed by atoms with E-state index in [1.54, 1.807) is 23.2 Å². The molecule has 5 rings (SSSR count). The predicted octanol–water partition coefficient (Wildman–Crippen LogP) is 3.04. The van der Waals surface area contributed by atoms with Crippen molar-refractivity contribution in [2.75, 3.05) is 5.32 Å². The van der Waals surface area contributed by atoms with Crippen LogP contribution in [0.3, 0.4) is 0 Å². The van der Waals surface area contributed by atoms with E-state index in [0.29, 0.717) is 11.5 Å². The quantitative estimate of drug-likeness (QED) is 0.460. The second-order valence-corrected chi connectivity index (χ2v) is 6.30.